The highest BCUT2D eigenvalue weighted by Gasteiger charge is 2.20. The summed E-state index contributed by atoms with van der Waals surface area (Å²) < 4.78 is 9.38. The highest BCUT2D eigenvalue weighted by molar-refractivity contribution is 6.15. The third kappa shape index (κ3) is 5.21. The van der Waals surface area contributed by atoms with Crippen LogP contribution in [0.15, 0.2) is 199 Å². The molecule has 0 spiro atoms. The van der Waals surface area contributed by atoms with Crippen LogP contribution in [0.25, 0.3) is 116 Å². The van der Waals surface area contributed by atoms with Crippen LogP contribution in [-0.4, -0.2) is 19.5 Å². The normalized spacial score (nSPS) is 11.8. The molecule has 0 amide bonds. The smallest absolute Gasteiger partial charge is 0.164 e. The number of fused-ring (bicyclic) bond motifs is 8. The van der Waals surface area contributed by atoms with Crippen LogP contribution in [0, 0.1) is 0 Å². The van der Waals surface area contributed by atoms with E-state index < -0.39 is 0 Å². The van der Waals surface area contributed by atoms with Gasteiger partial charge in [-0.25, -0.2) is 15.0 Å². The van der Waals surface area contributed by atoms with Gasteiger partial charge < -0.3 is 8.98 Å². The summed E-state index contributed by atoms with van der Waals surface area (Å²) in [6, 6.07) is 68.2. The number of benzene rings is 9. The van der Waals surface area contributed by atoms with Gasteiger partial charge in [0.05, 0.1) is 11.0 Å². The predicted molar refractivity (Wildman–Crippen MR) is 238 cm³/mol. The molecule has 0 aliphatic heterocycles. The van der Waals surface area contributed by atoms with Gasteiger partial charge in [-0.15, -0.1) is 0 Å². The van der Waals surface area contributed by atoms with E-state index in [0.717, 1.165) is 66.5 Å². The van der Waals surface area contributed by atoms with E-state index in [1.165, 1.54) is 32.3 Å². The Hall–Kier alpha value is -7.89. The maximum atomic E-state index is 6.97. The molecule has 9 aromatic carbocycles. The highest BCUT2D eigenvalue weighted by Crippen LogP contribution is 2.42. The summed E-state index contributed by atoms with van der Waals surface area (Å²) in [5.41, 5.74) is 9.83. The lowest BCUT2D eigenvalue weighted by Gasteiger charge is -2.12. The van der Waals surface area contributed by atoms with Crippen molar-refractivity contribution in [2.75, 3.05) is 0 Å². The number of hydrogen-bond acceptors (Lipinski definition) is 4. The molecule has 0 unspecified atom stereocenters. The van der Waals surface area contributed by atoms with Gasteiger partial charge in [0.1, 0.15) is 11.2 Å². The minimum absolute atomic E-state index is 0.586. The molecule has 0 fully saturated rings. The predicted octanol–water partition coefficient (Wildman–Crippen LogP) is 13.8. The molecule has 58 heavy (non-hydrogen) atoms. The number of nitrogens with zero attached hydrogens (tertiary/aromatic N) is 4. The van der Waals surface area contributed by atoms with Crippen LogP contribution in [0.1, 0.15) is 0 Å². The Morgan fingerprint density at radius 1 is 0.345 bits per heavy atom. The summed E-state index contributed by atoms with van der Waals surface area (Å²) in [5.74, 6) is 1.83. The van der Waals surface area contributed by atoms with E-state index in [0.29, 0.717) is 17.5 Å². The maximum absolute atomic E-state index is 6.97. The van der Waals surface area contributed by atoms with Crippen molar-refractivity contribution in [3.8, 4) is 51.0 Å². The van der Waals surface area contributed by atoms with Crippen molar-refractivity contribution in [1.29, 1.82) is 0 Å². The third-order valence-electron chi connectivity index (χ3n) is 11.4. The summed E-state index contributed by atoms with van der Waals surface area (Å²) in [6.07, 6.45) is 0. The molecule has 0 bridgehead atoms. The Morgan fingerprint density at radius 3 is 1.66 bits per heavy atom. The Kier molecular flexibility index (Phi) is 7.16. The molecule has 0 saturated heterocycles. The van der Waals surface area contributed by atoms with Crippen LogP contribution < -0.4 is 0 Å². The van der Waals surface area contributed by atoms with E-state index >= 15 is 0 Å². The van der Waals surface area contributed by atoms with Gasteiger partial charge in [-0.3, -0.25) is 0 Å². The van der Waals surface area contributed by atoms with Crippen molar-refractivity contribution in [2.45, 2.75) is 0 Å². The van der Waals surface area contributed by atoms with Crippen molar-refractivity contribution in [3.63, 3.8) is 0 Å². The summed E-state index contributed by atoms with van der Waals surface area (Å²) in [4.78, 5) is 14.9. The molecule has 12 aromatic rings. The zero-order valence-corrected chi connectivity index (χ0v) is 31.2. The molecule has 270 valence electrons. The molecule has 12 rings (SSSR count). The van der Waals surface area contributed by atoms with E-state index in [4.69, 9.17) is 19.4 Å². The Morgan fingerprint density at radius 2 is 0.931 bits per heavy atom. The first-order valence-corrected chi connectivity index (χ1v) is 19.5. The van der Waals surface area contributed by atoms with Crippen LogP contribution in [0.2, 0.25) is 0 Å². The van der Waals surface area contributed by atoms with Crippen molar-refractivity contribution in [2.24, 2.45) is 0 Å². The van der Waals surface area contributed by atoms with Gasteiger partial charge in [-0.05, 0) is 75.6 Å². The fourth-order valence-electron chi connectivity index (χ4n) is 8.57. The summed E-state index contributed by atoms with van der Waals surface area (Å²) in [6.45, 7) is 0. The number of furan rings is 1. The summed E-state index contributed by atoms with van der Waals surface area (Å²) in [5, 5.41) is 9.33. The molecule has 0 radical (unpaired) electrons. The fourth-order valence-corrected chi connectivity index (χ4v) is 8.57. The lowest BCUT2D eigenvalue weighted by Crippen LogP contribution is -2.00. The second-order valence-corrected chi connectivity index (χ2v) is 14.9. The first kappa shape index (κ1) is 32.4. The van der Waals surface area contributed by atoms with Gasteiger partial charge in [0.25, 0.3) is 0 Å². The van der Waals surface area contributed by atoms with E-state index in [-0.39, 0.29) is 0 Å². The molecule has 0 aliphatic rings. The highest BCUT2D eigenvalue weighted by atomic mass is 16.3. The lowest BCUT2D eigenvalue weighted by molar-refractivity contribution is 0.670. The van der Waals surface area contributed by atoms with E-state index in [9.17, 15) is 0 Å². The van der Waals surface area contributed by atoms with Crippen LogP contribution in [-0.2, 0) is 0 Å². The fraction of sp³-hybridized carbons (Fsp3) is 0. The number of hydrogen-bond donors (Lipinski definition) is 0. The molecule has 0 saturated carbocycles. The molecular formula is C53H32N4O. The Labute approximate surface area is 333 Å². The second kappa shape index (κ2) is 12.8. The zero-order chi connectivity index (χ0) is 38.2. The molecular weight excluding hydrogens is 709 g/mol. The summed E-state index contributed by atoms with van der Waals surface area (Å²) in [7, 11) is 0. The molecule has 5 heteroatoms. The average Bonchev–Trinajstić information content (AvgIpc) is 3.83. The molecule has 3 aromatic heterocycles. The first-order valence-electron chi connectivity index (χ1n) is 19.5. The van der Waals surface area contributed by atoms with E-state index in [2.05, 4.69) is 138 Å². The van der Waals surface area contributed by atoms with Gasteiger partial charge in [0.15, 0.2) is 17.5 Å². The Balaban J connectivity index is 1.11. The molecule has 0 aliphatic carbocycles. The van der Waals surface area contributed by atoms with Crippen molar-refractivity contribution in [3.05, 3.63) is 194 Å². The molecule has 0 atom stereocenters. The van der Waals surface area contributed by atoms with Gasteiger partial charge in [0, 0.05) is 49.5 Å². The van der Waals surface area contributed by atoms with Gasteiger partial charge >= 0.3 is 0 Å². The zero-order valence-electron chi connectivity index (χ0n) is 31.2. The second-order valence-electron chi connectivity index (χ2n) is 14.9. The van der Waals surface area contributed by atoms with Crippen LogP contribution in [0.3, 0.4) is 0 Å². The number of aromatic nitrogens is 4. The summed E-state index contributed by atoms with van der Waals surface area (Å²) >= 11 is 0. The SMILES string of the molecule is c1ccc(-c2nc(-c3ccccc3)nc(-c3ccc4c(c3)oc3c(-c5ccc6ccccc6c5)cc(-n5c6ccccc6c6cc7ccccc7cc65)cc34)n2)cc1. The van der Waals surface area contributed by atoms with Crippen LogP contribution in [0.5, 0.6) is 0 Å². The van der Waals surface area contributed by atoms with E-state index in [1.54, 1.807) is 0 Å². The maximum Gasteiger partial charge on any atom is 0.164 e. The largest absolute Gasteiger partial charge is 0.455 e. The number of rotatable bonds is 5. The minimum Gasteiger partial charge on any atom is -0.455 e. The Bertz CT molecular complexity index is 3510. The van der Waals surface area contributed by atoms with E-state index in [1.807, 2.05) is 60.7 Å². The van der Waals surface area contributed by atoms with Gasteiger partial charge in [0.2, 0.25) is 0 Å². The lowest BCUT2D eigenvalue weighted by atomic mass is 9.98. The molecule has 0 N–H and O–H groups in total. The average molecular weight is 741 g/mol. The topological polar surface area (TPSA) is 56.7 Å². The van der Waals surface area contributed by atoms with Crippen molar-refractivity contribution < 1.29 is 4.42 Å². The van der Waals surface area contributed by atoms with Gasteiger partial charge in [-0.1, -0.05) is 146 Å². The quantitative estimate of drug-likeness (QED) is 0.176. The standard InChI is InChI=1S/C53H32N4O/c1-3-14-34(15-4-1)51-54-52(35-16-5-2-6-17-35)56-53(55-51)40-25-26-43-46-32-41(31-44(50(46)58-49(43)30-40)39-24-23-33-13-7-8-18-36(33)27-39)57-47-22-12-11-21-42(47)45-28-37-19-9-10-20-38(37)29-48(45)57/h1-32H. The number of para-hydroxylation sites is 1. The molecule has 5 nitrogen and oxygen atoms in total. The van der Waals surface area contributed by atoms with Crippen molar-refractivity contribution >= 4 is 65.3 Å². The van der Waals surface area contributed by atoms with Crippen molar-refractivity contribution in [1.82, 2.24) is 19.5 Å². The van der Waals surface area contributed by atoms with Crippen LogP contribution in [0.4, 0.5) is 0 Å². The monoisotopic (exact) mass is 740 g/mol. The minimum atomic E-state index is 0.586. The molecule has 3 heterocycles. The van der Waals surface area contributed by atoms with Gasteiger partial charge in [-0.2, -0.15) is 0 Å². The first-order chi connectivity index (χ1) is 28.7. The van der Waals surface area contributed by atoms with Crippen LogP contribution >= 0.6 is 0 Å². The third-order valence-corrected chi connectivity index (χ3v) is 11.4.